The van der Waals surface area contributed by atoms with Crippen LogP contribution >= 0.6 is 0 Å². The minimum Gasteiger partial charge on any atom is -0.444 e. The summed E-state index contributed by atoms with van der Waals surface area (Å²) in [5.74, 6) is 0. The first-order valence-corrected chi connectivity index (χ1v) is 7.37. The van der Waals surface area contributed by atoms with E-state index < -0.39 is 16.6 Å². The van der Waals surface area contributed by atoms with E-state index in [9.17, 15) is 9.00 Å². The molecular weight excluding hydrogens is 262 g/mol. The first-order valence-electron chi connectivity index (χ1n) is 5.85. The van der Waals surface area contributed by atoms with Gasteiger partial charge in [0.15, 0.2) is 0 Å². The number of rotatable bonds is 4. The highest BCUT2D eigenvalue weighted by Crippen LogP contribution is 2.31. The molecule has 5 nitrogen and oxygen atoms in total. The van der Waals surface area contributed by atoms with E-state index in [-0.39, 0.29) is 0 Å². The fourth-order valence-electron chi connectivity index (χ4n) is 1.79. The third kappa shape index (κ3) is 3.82. The molecular formula is C13H18N3O2S-. The molecule has 1 aromatic carbocycles. The van der Waals surface area contributed by atoms with Crippen LogP contribution in [-0.4, -0.2) is 19.3 Å². The molecule has 104 valence electrons. The topological polar surface area (TPSA) is 70.6 Å². The summed E-state index contributed by atoms with van der Waals surface area (Å²) in [6.45, 7) is 5.73. The van der Waals surface area contributed by atoms with Crippen molar-refractivity contribution in [3.05, 3.63) is 29.8 Å². The molecule has 0 heterocycles. The van der Waals surface area contributed by atoms with Gasteiger partial charge in [-0.25, -0.2) is 4.79 Å². The molecule has 0 aliphatic heterocycles. The SMILES string of the molecule is C=Cc1ccc(CC)c(NC(=O)N=[S-](C)=O)c1NC. The largest absolute Gasteiger partial charge is 0.444 e. The van der Waals surface area contributed by atoms with Gasteiger partial charge in [0.25, 0.3) is 0 Å². The van der Waals surface area contributed by atoms with Gasteiger partial charge in [-0.1, -0.05) is 31.7 Å². The third-order valence-corrected chi connectivity index (χ3v) is 3.04. The number of nitrogens with one attached hydrogen (secondary N) is 2. The number of anilines is 2. The van der Waals surface area contributed by atoms with Gasteiger partial charge in [0.1, 0.15) is 0 Å². The molecule has 0 radical (unpaired) electrons. The van der Waals surface area contributed by atoms with Crippen LogP contribution in [0.3, 0.4) is 0 Å². The monoisotopic (exact) mass is 280 g/mol. The molecule has 0 unspecified atom stereocenters. The van der Waals surface area contributed by atoms with Crippen molar-refractivity contribution >= 4 is 34.1 Å². The predicted molar refractivity (Wildman–Crippen MR) is 80.9 cm³/mol. The van der Waals surface area contributed by atoms with E-state index in [1.165, 1.54) is 6.26 Å². The van der Waals surface area contributed by atoms with Crippen molar-refractivity contribution in [1.82, 2.24) is 0 Å². The molecule has 0 saturated heterocycles. The lowest BCUT2D eigenvalue weighted by atomic mass is 10.0. The highest BCUT2D eigenvalue weighted by Gasteiger charge is 2.11. The van der Waals surface area contributed by atoms with Gasteiger partial charge in [-0.15, -0.1) is 6.26 Å². The first kappa shape index (κ1) is 15.2. The number of carbonyl (C=O) groups is 1. The summed E-state index contributed by atoms with van der Waals surface area (Å²) in [7, 11) is 0.249. The average Bonchev–Trinajstić information content (AvgIpc) is 2.37. The lowest BCUT2D eigenvalue weighted by Crippen LogP contribution is -2.11. The van der Waals surface area contributed by atoms with Crippen molar-refractivity contribution in [1.29, 1.82) is 0 Å². The number of hydrogen-bond donors (Lipinski definition) is 2. The molecule has 0 aliphatic rings. The zero-order chi connectivity index (χ0) is 14.4. The van der Waals surface area contributed by atoms with Gasteiger partial charge in [-0.2, -0.15) is 10.6 Å². The minimum atomic E-state index is -1.52. The fourth-order valence-corrected chi connectivity index (χ4v) is 2.06. The number of nitrogens with zero attached hydrogens (tertiary/aromatic N) is 1. The van der Waals surface area contributed by atoms with Crippen molar-refractivity contribution in [2.24, 2.45) is 4.36 Å². The molecule has 0 fully saturated rings. The van der Waals surface area contributed by atoms with Crippen molar-refractivity contribution < 1.29 is 9.00 Å². The fraction of sp³-hybridized carbons (Fsp3) is 0.308. The minimum absolute atomic E-state index is 0.617. The van der Waals surface area contributed by atoms with Crippen LogP contribution in [0.25, 0.3) is 6.08 Å². The zero-order valence-corrected chi connectivity index (χ0v) is 12.1. The van der Waals surface area contributed by atoms with Crippen LogP contribution in [0.5, 0.6) is 0 Å². The van der Waals surface area contributed by atoms with E-state index in [1.54, 1.807) is 13.1 Å². The molecule has 0 atom stereocenters. The molecule has 2 N–H and O–H groups in total. The Hall–Kier alpha value is -1.82. The van der Waals surface area contributed by atoms with Gasteiger partial charge < -0.3 is 19.2 Å². The number of benzene rings is 1. The maximum Gasteiger partial charge on any atom is 0.322 e. The number of aryl methyl sites for hydroxylation is 1. The van der Waals surface area contributed by atoms with Crippen LogP contribution < -0.4 is 10.6 Å². The second kappa shape index (κ2) is 6.94. The Morgan fingerprint density at radius 2 is 2.16 bits per heavy atom. The molecule has 0 aromatic heterocycles. The van der Waals surface area contributed by atoms with Crippen LogP contribution in [0.15, 0.2) is 23.1 Å². The van der Waals surface area contributed by atoms with E-state index in [1.807, 2.05) is 19.1 Å². The third-order valence-electron chi connectivity index (χ3n) is 2.62. The lowest BCUT2D eigenvalue weighted by molar-refractivity contribution is 0.260. The second-order valence-electron chi connectivity index (χ2n) is 3.82. The Morgan fingerprint density at radius 1 is 1.47 bits per heavy atom. The average molecular weight is 280 g/mol. The van der Waals surface area contributed by atoms with Gasteiger partial charge in [-0.05, 0) is 17.5 Å². The second-order valence-corrected chi connectivity index (χ2v) is 4.85. The molecule has 0 spiro atoms. The number of urea groups is 1. The van der Waals surface area contributed by atoms with Crippen LogP contribution in [0.1, 0.15) is 18.1 Å². The number of amides is 2. The summed E-state index contributed by atoms with van der Waals surface area (Å²) < 4.78 is 14.4. The number of carbonyl (C=O) groups excluding carboxylic acids is 1. The lowest BCUT2D eigenvalue weighted by Gasteiger charge is -2.17. The van der Waals surface area contributed by atoms with E-state index in [4.69, 9.17) is 0 Å². The predicted octanol–water partition coefficient (Wildman–Crippen LogP) is 3.24. The summed E-state index contributed by atoms with van der Waals surface area (Å²) in [4.78, 5) is 11.6. The Morgan fingerprint density at radius 3 is 2.63 bits per heavy atom. The molecule has 6 heteroatoms. The van der Waals surface area contributed by atoms with Crippen molar-refractivity contribution in [3.8, 4) is 0 Å². The van der Waals surface area contributed by atoms with Crippen LogP contribution in [-0.2, 0) is 21.2 Å². The summed E-state index contributed by atoms with van der Waals surface area (Å²) in [5.41, 5.74) is 3.29. The van der Waals surface area contributed by atoms with Crippen LogP contribution in [0.4, 0.5) is 16.2 Å². The van der Waals surface area contributed by atoms with E-state index in [0.29, 0.717) is 5.69 Å². The highest BCUT2D eigenvalue weighted by molar-refractivity contribution is 7.74. The maximum atomic E-state index is 11.6. The summed E-state index contributed by atoms with van der Waals surface area (Å²) in [6.07, 6.45) is 3.81. The van der Waals surface area contributed by atoms with Crippen molar-refractivity contribution in [3.63, 3.8) is 0 Å². The summed E-state index contributed by atoms with van der Waals surface area (Å²) in [5, 5.41) is 5.72. The Balaban J connectivity index is 3.29. The van der Waals surface area contributed by atoms with Crippen molar-refractivity contribution in [2.75, 3.05) is 23.9 Å². The number of hydrogen-bond acceptors (Lipinski definition) is 4. The molecule has 0 saturated carbocycles. The standard InChI is InChI=1S/C13H18N3O2S/c1-5-9-7-8-10(6-2)12(11(9)14-3)15-13(17)16-19(4)18/h5,7-8,14H,1,6H2,2-4H3,(H,15,17)/q-1. The Kier molecular flexibility index (Phi) is 5.57. The normalized spacial score (nSPS) is 11.9. The van der Waals surface area contributed by atoms with Crippen LogP contribution in [0, 0.1) is 0 Å². The Labute approximate surface area is 115 Å². The van der Waals surface area contributed by atoms with Gasteiger partial charge in [0.05, 0.1) is 11.4 Å². The first-order chi connectivity index (χ1) is 9.03. The zero-order valence-electron chi connectivity index (χ0n) is 11.3. The van der Waals surface area contributed by atoms with Crippen molar-refractivity contribution in [2.45, 2.75) is 13.3 Å². The van der Waals surface area contributed by atoms with Gasteiger partial charge >= 0.3 is 6.03 Å². The molecule has 0 bridgehead atoms. The summed E-state index contributed by atoms with van der Waals surface area (Å²) in [6, 6.07) is 3.24. The molecule has 2 amide bonds. The van der Waals surface area contributed by atoms with E-state index >= 15 is 0 Å². The smallest absolute Gasteiger partial charge is 0.322 e. The maximum absolute atomic E-state index is 11.6. The van der Waals surface area contributed by atoms with E-state index in [0.717, 1.165) is 23.2 Å². The highest BCUT2D eigenvalue weighted by atomic mass is 32.2. The molecule has 1 aromatic rings. The molecule has 1 rings (SSSR count). The van der Waals surface area contributed by atoms with Gasteiger partial charge in [0.2, 0.25) is 0 Å². The van der Waals surface area contributed by atoms with Gasteiger partial charge in [0, 0.05) is 7.05 Å². The molecule has 0 aliphatic carbocycles. The van der Waals surface area contributed by atoms with E-state index in [2.05, 4.69) is 21.6 Å². The quantitative estimate of drug-likeness (QED) is 0.832. The summed E-state index contributed by atoms with van der Waals surface area (Å²) >= 11 is 0. The molecule has 19 heavy (non-hydrogen) atoms. The Bertz CT molecular complexity index is 575. The van der Waals surface area contributed by atoms with Gasteiger partial charge in [-0.3, -0.25) is 0 Å². The van der Waals surface area contributed by atoms with Crippen LogP contribution in [0.2, 0.25) is 0 Å².